The number of hydrogen-bond acceptors (Lipinski definition) is 0. The second-order valence-corrected chi connectivity index (χ2v) is 5.35. The minimum atomic E-state index is 0.370. The van der Waals surface area contributed by atoms with Crippen LogP contribution in [0.3, 0.4) is 0 Å². The van der Waals surface area contributed by atoms with E-state index in [0.29, 0.717) is 11.3 Å². The number of hydrogen-bond donors (Lipinski definition) is 0. The first-order valence-electron chi connectivity index (χ1n) is 6.31. The highest BCUT2D eigenvalue weighted by molar-refractivity contribution is 5.32. The van der Waals surface area contributed by atoms with Crippen molar-refractivity contribution in [3.8, 4) is 0 Å². The van der Waals surface area contributed by atoms with E-state index >= 15 is 0 Å². The van der Waals surface area contributed by atoms with Crippen molar-refractivity contribution in [2.24, 2.45) is 11.3 Å². The fourth-order valence-corrected chi connectivity index (χ4v) is 3.12. The first-order chi connectivity index (χ1) is 6.97. The van der Waals surface area contributed by atoms with Gasteiger partial charge in [0, 0.05) is 0 Å². The fraction of sp³-hybridized carbons (Fsp3) is 0.733. The Kier molecular flexibility index (Phi) is 3.81. The van der Waals surface area contributed by atoms with Crippen LogP contribution in [0, 0.1) is 11.3 Å². The van der Waals surface area contributed by atoms with Crippen LogP contribution in [-0.2, 0) is 0 Å². The lowest BCUT2D eigenvalue weighted by molar-refractivity contribution is 0.231. The molecule has 1 rings (SSSR count). The minimum absolute atomic E-state index is 0.370. The molecule has 0 saturated carbocycles. The van der Waals surface area contributed by atoms with E-state index in [1.165, 1.54) is 24.8 Å². The second-order valence-electron chi connectivity index (χ2n) is 5.35. The average Bonchev–Trinajstić information content (AvgIpc) is 2.21. The van der Waals surface area contributed by atoms with E-state index in [0.717, 1.165) is 6.42 Å². The van der Waals surface area contributed by atoms with E-state index in [9.17, 15) is 0 Å². The molecule has 0 bridgehead atoms. The van der Waals surface area contributed by atoms with Crippen LogP contribution in [0.15, 0.2) is 23.3 Å². The second kappa shape index (κ2) is 4.55. The number of allylic oxidation sites excluding steroid dienone is 3. The maximum atomic E-state index is 4.31. The molecule has 0 saturated heterocycles. The minimum Gasteiger partial charge on any atom is -0.0992 e. The van der Waals surface area contributed by atoms with Gasteiger partial charge in [-0.05, 0) is 44.4 Å². The Morgan fingerprint density at radius 3 is 2.40 bits per heavy atom. The van der Waals surface area contributed by atoms with Crippen LogP contribution in [-0.4, -0.2) is 0 Å². The maximum Gasteiger partial charge on any atom is -0.00537 e. The fourth-order valence-electron chi connectivity index (χ4n) is 3.12. The van der Waals surface area contributed by atoms with Gasteiger partial charge in [0.1, 0.15) is 0 Å². The first-order valence-corrected chi connectivity index (χ1v) is 6.31. The highest BCUT2D eigenvalue weighted by atomic mass is 14.4. The van der Waals surface area contributed by atoms with Gasteiger partial charge in [-0.1, -0.05) is 50.5 Å². The van der Waals surface area contributed by atoms with E-state index in [2.05, 4.69) is 41.2 Å². The highest BCUT2D eigenvalue weighted by Gasteiger charge is 2.38. The molecule has 0 N–H and O–H groups in total. The molecule has 2 unspecified atom stereocenters. The lowest BCUT2D eigenvalue weighted by Gasteiger charge is -2.44. The van der Waals surface area contributed by atoms with Crippen LogP contribution in [0.2, 0.25) is 0 Å². The summed E-state index contributed by atoms with van der Waals surface area (Å²) < 4.78 is 0. The van der Waals surface area contributed by atoms with Gasteiger partial charge >= 0.3 is 0 Å². The molecule has 0 heterocycles. The van der Waals surface area contributed by atoms with Gasteiger partial charge in [0.25, 0.3) is 0 Å². The van der Waals surface area contributed by atoms with Crippen molar-refractivity contribution in [1.82, 2.24) is 0 Å². The Bertz CT molecular complexity index is 282. The summed E-state index contributed by atoms with van der Waals surface area (Å²) >= 11 is 0. The molecule has 0 heteroatoms. The highest BCUT2D eigenvalue weighted by Crippen LogP contribution is 2.50. The smallest absolute Gasteiger partial charge is 0.00537 e. The maximum absolute atomic E-state index is 4.31. The summed E-state index contributed by atoms with van der Waals surface area (Å²) in [5.41, 5.74) is 5.01. The van der Waals surface area contributed by atoms with Crippen molar-refractivity contribution in [1.29, 1.82) is 0 Å². The van der Waals surface area contributed by atoms with Crippen molar-refractivity contribution in [2.75, 3.05) is 0 Å². The van der Waals surface area contributed by atoms with Gasteiger partial charge in [0.15, 0.2) is 0 Å². The molecular weight excluding hydrogens is 180 g/mol. The zero-order valence-corrected chi connectivity index (χ0v) is 11.1. The van der Waals surface area contributed by atoms with Crippen molar-refractivity contribution in [3.63, 3.8) is 0 Å². The van der Waals surface area contributed by atoms with Crippen molar-refractivity contribution in [3.05, 3.63) is 23.3 Å². The predicted molar refractivity (Wildman–Crippen MR) is 68.9 cm³/mol. The Morgan fingerprint density at radius 2 is 1.93 bits per heavy atom. The van der Waals surface area contributed by atoms with E-state index < -0.39 is 0 Å². The van der Waals surface area contributed by atoms with Crippen LogP contribution in [0.5, 0.6) is 0 Å². The van der Waals surface area contributed by atoms with Crippen LogP contribution in [0.25, 0.3) is 0 Å². The van der Waals surface area contributed by atoms with Crippen LogP contribution in [0.4, 0.5) is 0 Å². The summed E-state index contributed by atoms with van der Waals surface area (Å²) in [6.07, 6.45) is 4.94. The zero-order chi connectivity index (χ0) is 11.6. The summed E-state index contributed by atoms with van der Waals surface area (Å²) in [5, 5.41) is 0. The summed E-state index contributed by atoms with van der Waals surface area (Å²) in [7, 11) is 0. The van der Waals surface area contributed by atoms with E-state index in [4.69, 9.17) is 0 Å². The molecule has 0 aromatic carbocycles. The molecular formula is C15H26. The van der Waals surface area contributed by atoms with Crippen LogP contribution < -0.4 is 0 Å². The molecule has 86 valence electrons. The average molecular weight is 206 g/mol. The SMILES string of the molecule is C=C1CC(C)=C(C)C(C)(CC)C1CCC. The quantitative estimate of drug-likeness (QED) is 0.562. The van der Waals surface area contributed by atoms with Gasteiger partial charge in [0.05, 0.1) is 0 Å². The van der Waals surface area contributed by atoms with Crippen LogP contribution >= 0.6 is 0 Å². The molecule has 15 heavy (non-hydrogen) atoms. The van der Waals surface area contributed by atoms with Crippen molar-refractivity contribution < 1.29 is 0 Å². The molecule has 0 aromatic heterocycles. The van der Waals surface area contributed by atoms with E-state index in [1.807, 2.05) is 0 Å². The Hall–Kier alpha value is -0.520. The zero-order valence-electron chi connectivity index (χ0n) is 11.1. The molecule has 0 aliphatic heterocycles. The third-order valence-corrected chi connectivity index (χ3v) is 4.56. The summed E-state index contributed by atoms with van der Waals surface area (Å²) in [5.74, 6) is 0.705. The van der Waals surface area contributed by atoms with Crippen LogP contribution in [0.1, 0.15) is 60.3 Å². The molecule has 0 aromatic rings. The van der Waals surface area contributed by atoms with Crippen molar-refractivity contribution >= 4 is 0 Å². The van der Waals surface area contributed by atoms with Gasteiger partial charge in [-0.25, -0.2) is 0 Å². The summed E-state index contributed by atoms with van der Waals surface area (Å²) in [4.78, 5) is 0. The topological polar surface area (TPSA) is 0 Å². The van der Waals surface area contributed by atoms with Gasteiger partial charge in [-0.15, -0.1) is 0 Å². The lowest BCUT2D eigenvalue weighted by Crippen LogP contribution is -2.33. The molecule has 1 aliphatic carbocycles. The molecule has 2 atom stereocenters. The van der Waals surface area contributed by atoms with Gasteiger partial charge in [-0.2, -0.15) is 0 Å². The monoisotopic (exact) mass is 206 g/mol. The Labute approximate surface area is 95.5 Å². The third kappa shape index (κ3) is 2.04. The van der Waals surface area contributed by atoms with Gasteiger partial charge in [0.2, 0.25) is 0 Å². The molecule has 1 aliphatic rings. The molecule has 0 amide bonds. The van der Waals surface area contributed by atoms with Gasteiger partial charge < -0.3 is 0 Å². The molecule has 0 fully saturated rings. The number of rotatable bonds is 3. The third-order valence-electron chi connectivity index (χ3n) is 4.56. The Balaban J connectivity index is 3.12. The Morgan fingerprint density at radius 1 is 1.33 bits per heavy atom. The first kappa shape index (κ1) is 12.5. The summed E-state index contributed by atoms with van der Waals surface area (Å²) in [6, 6.07) is 0. The standard InChI is InChI=1S/C15H26/c1-7-9-14-12(4)10-11(3)13(5)15(14,6)8-2/h14H,4,7-10H2,1-3,5-6H3. The van der Waals surface area contributed by atoms with E-state index in [-0.39, 0.29) is 0 Å². The van der Waals surface area contributed by atoms with Crippen molar-refractivity contribution in [2.45, 2.75) is 60.3 Å². The molecule has 0 nitrogen and oxygen atoms in total. The lowest BCUT2D eigenvalue weighted by atomic mass is 9.60. The normalized spacial score (nSPS) is 32.3. The molecule has 0 spiro atoms. The summed E-state index contributed by atoms with van der Waals surface area (Å²) in [6.45, 7) is 15.9. The predicted octanol–water partition coefficient (Wildman–Crippen LogP) is 5.12. The molecule has 0 radical (unpaired) electrons. The van der Waals surface area contributed by atoms with Gasteiger partial charge in [-0.3, -0.25) is 0 Å². The van der Waals surface area contributed by atoms with E-state index in [1.54, 1.807) is 11.1 Å². The largest absolute Gasteiger partial charge is 0.0992 e.